The van der Waals surface area contributed by atoms with Crippen LogP contribution in [0.1, 0.15) is 12.0 Å². The van der Waals surface area contributed by atoms with Gasteiger partial charge >= 0.3 is 0 Å². The number of para-hydroxylation sites is 1. The summed E-state index contributed by atoms with van der Waals surface area (Å²) >= 11 is 0. The van der Waals surface area contributed by atoms with Crippen molar-refractivity contribution in [3.63, 3.8) is 0 Å². The molecule has 0 atom stereocenters. The Kier molecular flexibility index (Phi) is 5.10. The van der Waals surface area contributed by atoms with E-state index in [1.807, 2.05) is 60.7 Å². The van der Waals surface area contributed by atoms with E-state index < -0.39 is 5.91 Å². The molecule has 2 aromatic rings. The summed E-state index contributed by atoms with van der Waals surface area (Å²) in [6.45, 7) is 0.297. The molecule has 21 heavy (non-hydrogen) atoms. The molecule has 0 bridgehead atoms. The minimum atomic E-state index is -0.413. The SMILES string of the molecule is NC(=O)CCN(C(=O)Cc1ccccc1)c1ccccc1. The Balaban J connectivity index is 2.14. The van der Waals surface area contributed by atoms with Crippen molar-refractivity contribution in [2.24, 2.45) is 5.73 Å². The zero-order valence-corrected chi connectivity index (χ0v) is 11.7. The first-order valence-corrected chi connectivity index (χ1v) is 6.84. The van der Waals surface area contributed by atoms with Crippen LogP contribution >= 0.6 is 0 Å². The first-order valence-electron chi connectivity index (χ1n) is 6.84. The lowest BCUT2D eigenvalue weighted by Crippen LogP contribution is -2.35. The molecule has 0 heterocycles. The van der Waals surface area contributed by atoms with Crippen LogP contribution in [0.15, 0.2) is 60.7 Å². The Labute approximate surface area is 124 Å². The molecule has 2 aromatic carbocycles. The van der Waals surface area contributed by atoms with Gasteiger partial charge in [-0.25, -0.2) is 0 Å². The molecule has 2 amide bonds. The smallest absolute Gasteiger partial charge is 0.231 e. The van der Waals surface area contributed by atoms with Crippen molar-refractivity contribution in [2.75, 3.05) is 11.4 Å². The molecule has 0 fully saturated rings. The quantitative estimate of drug-likeness (QED) is 0.882. The van der Waals surface area contributed by atoms with E-state index in [1.54, 1.807) is 4.90 Å². The van der Waals surface area contributed by atoms with Gasteiger partial charge in [0.1, 0.15) is 0 Å². The van der Waals surface area contributed by atoms with Crippen LogP contribution in [0.3, 0.4) is 0 Å². The van der Waals surface area contributed by atoms with E-state index in [9.17, 15) is 9.59 Å². The van der Waals surface area contributed by atoms with E-state index in [1.165, 1.54) is 0 Å². The number of hydrogen-bond acceptors (Lipinski definition) is 2. The second-order valence-electron chi connectivity index (χ2n) is 4.76. The van der Waals surface area contributed by atoms with E-state index in [0.29, 0.717) is 13.0 Å². The highest BCUT2D eigenvalue weighted by atomic mass is 16.2. The van der Waals surface area contributed by atoms with Gasteiger partial charge in [-0.15, -0.1) is 0 Å². The van der Waals surface area contributed by atoms with Crippen LogP contribution in [0.25, 0.3) is 0 Å². The molecule has 0 unspecified atom stereocenters. The molecular weight excluding hydrogens is 264 g/mol. The largest absolute Gasteiger partial charge is 0.370 e. The maximum Gasteiger partial charge on any atom is 0.231 e. The van der Waals surface area contributed by atoms with E-state index in [0.717, 1.165) is 11.3 Å². The van der Waals surface area contributed by atoms with Crippen LogP contribution in [0, 0.1) is 0 Å². The highest BCUT2D eigenvalue weighted by molar-refractivity contribution is 5.95. The Bertz CT molecular complexity index is 597. The first kappa shape index (κ1) is 14.8. The summed E-state index contributed by atoms with van der Waals surface area (Å²) in [6.07, 6.45) is 0.448. The number of rotatable bonds is 6. The molecule has 0 radical (unpaired) electrons. The van der Waals surface area contributed by atoms with Crippen LogP contribution in [0.4, 0.5) is 5.69 Å². The summed E-state index contributed by atoms with van der Waals surface area (Å²) in [5.41, 5.74) is 6.92. The highest BCUT2D eigenvalue weighted by Crippen LogP contribution is 2.15. The lowest BCUT2D eigenvalue weighted by Gasteiger charge is -2.22. The van der Waals surface area contributed by atoms with E-state index in [2.05, 4.69) is 0 Å². The third-order valence-corrected chi connectivity index (χ3v) is 3.15. The Morgan fingerprint density at radius 1 is 0.905 bits per heavy atom. The summed E-state index contributed by atoms with van der Waals surface area (Å²) in [6, 6.07) is 18.9. The fourth-order valence-electron chi connectivity index (χ4n) is 2.09. The molecular formula is C17H18N2O2. The van der Waals surface area contributed by atoms with Crippen molar-refractivity contribution in [1.29, 1.82) is 0 Å². The number of carbonyl (C=O) groups excluding carboxylic acids is 2. The van der Waals surface area contributed by atoms with Crippen molar-refractivity contribution >= 4 is 17.5 Å². The molecule has 108 valence electrons. The monoisotopic (exact) mass is 282 g/mol. The van der Waals surface area contributed by atoms with Gasteiger partial charge in [-0.05, 0) is 17.7 Å². The van der Waals surface area contributed by atoms with E-state index in [-0.39, 0.29) is 12.3 Å². The zero-order chi connectivity index (χ0) is 15.1. The van der Waals surface area contributed by atoms with Crippen LogP contribution < -0.4 is 10.6 Å². The molecule has 4 heteroatoms. The summed E-state index contributed by atoms with van der Waals surface area (Å²) in [7, 11) is 0. The Morgan fingerprint density at radius 3 is 2.05 bits per heavy atom. The molecule has 0 aliphatic heterocycles. The van der Waals surface area contributed by atoms with Gasteiger partial charge < -0.3 is 10.6 Å². The topological polar surface area (TPSA) is 63.4 Å². The average molecular weight is 282 g/mol. The van der Waals surface area contributed by atoms with Crippen molar-refractivity contribution in [1.82, 2.24) is 0 Å². The Morgan fingerprint density at radius 2 is 1.48 bits per heavy atom. The number of amides is 2. The molecule has 0 aliphatic rings. The lowest BCUT2D eigenvalue weighted by atomic mass is 10.1. The van der Waals surface area contributed by atoms with Crippen LogP contribution in [0.2, 0.25) is 0 Å². The molecule has 2 N–H and O–H groups in total. The number of benzene rings is 2. The first-order chi connectivity index (χ1) is 10.2. The van der Waals surface area contributed by atoms with Crippen molar-refractivity contribution in [3.05, 3.63) is 66.2 Å². The minimum Gasteiger partial charge on any atom is -0.370 e. The van der Waals surface area contributed by atoms with Crippen molar-refractivity contribution in [2.45, 2.75) is 12.8 Å². The standard InChI is InChI=1S/C17H18N2O2/c18-16(20)11-12-19(15-9-5-2-6-10-15)17(21)13-14-7-3-1-4-8-14/h1-10H,11-13H2,(H2,18,20). The summed E-state index contributed by atoms with van der Waals surface area (Å²) in [5, 5.41) is 0. The van der Waals surface area contributed by atoms with E-state index in [4.69, 9.17) is 5.73 Å². The number of carbonyl (C=O) groups is 2. The number of nitrogens with two attached hydrogens (primary N) is 1. The summed E-state index contributed by atoms with van der Waals surface area (Å²) < 4.78 is 0. The summed E-state index contributed by atoms with van der Waals surface area (Å²) in [4.78, 5) is 25.1. The highest BCUT2D eigenvalue weighted by Gasteiger charge is 2.16. The van der Waals surface area contributed by atoms with Gasteiger partial charge in [-0.3, -0.25) is 9.59 Å². The van der Waals surface area contributed by atoms with Gasteiger partial charge in [0.15, 0.2) is 0 Å². The van der Waals surface area contributed by atoms with Gasteiger partial charge in [0.25, 0.3) is 0 Å². The second kappa shape index (κ2) is 7.24. The minimum absolute atomic E-state index is 0.0475. The van der Waals surface area contributed by atoms with E-state index >= 15 is 0 Å². The van der Waals surface area contributed by atoms with Crippen molar-refractivity contribution < 1.29 is 9.59 Å². The fourth-order valence-corrected chi connectivity index (χ4v) is 2.09. The molecule has 2 rings (SSSR count). The Hall–Kier alpha value is -2.62. The van der Waals surface area contributed by atoms with Gasteiger partial charge in [0.2, 0.25) is 11.8 Å². The molecule has 0 spiro atoms. The van der Waals surface area contributed by atoms with Crippen LogP contribution in [-0.4, -0.2) is 18.4 Å². The third kappa shape index (κ3) is 4.45. The van der Waals surface area contributed by atoms with Crippen LogP contribution in [-0.2, 0) is 16.0 Å². The molecule has 0 saturated carbocycles. The third-order valence-electron chi connectivity index (χ3n) is 3.15. The second-order valence-corrected chi connectivity index (χ2v) is 4.76. The predicted molar refractivity (Wildman–Crippen MR) is 82.8 cm³/mol. The molecule has 0 saturated heterocycles. The number of primary amides is 1. The van der Waals surface area contributed by atoms with Gasteiger partial charge in [0, 0.05) is 18.7 Å². The molecule has 0 aromatic heterocycles. The lowest BCUT2D eigenvalue weighted by molar-refractivity contribution is -0.118. The predicted octanol–water partition coefficient (Wildman–Crippen LogP) is 2.14. The van der Waals surface area contributed by atoms with Crippen molar-refractivity contribution in [3.8, 4) is 0 Å². The van der Waals surface area contributed by atoms with Gasteiger partial charge in [-0.1, -0.05) is 48.5 Å². The number of hydrogen-bond donors (Lipinski definition) is 1. The average Bonchev–Trinajstić information content (AvgIpc) is 2.49. The van der Waals surface area contributed by atoms with Crippen LogP contribution in [0.5, 0.6) is 0 Å². The summed E-state index contributed by atoms with van der Waals surface area (Å²) in [5.74, 6) is -0.461. The molecule has 4 nitrogen and oxygen atoms in total. The number of nitrogens with zero attached hydrogens (tertiary/aromatic N) is 1. The van der Waals surface area contributed by atoms with Gasteiger partial charge in [0.05, 0.1) is 6.42 Å². The van der Waals surface area contributed by atoms with Gasteiger partial charge in [-0.2, -0.15) is 0 Å². The molecule has 0 aliphatic carbocycles. The number of anilines is 1. The zero-order valence-electron chi connectivity index (χ0n) is 11.7. The fraction of sp³-hybridized carbons (Fsp3) is 0.176. The maximum absolute atomic E-state index is 12.5. The maximum atomic E-state index is 12.5. The normalized spacial score (nSPS) is 10.1.